The maximum atomic E-state index is 11.8. The number of carbonyl (C=O) groups excluding carboxylic acids is 2. The minimum atomic E-state index is -0.435. The number of nitrogens with two attached hydrogens (primary N) is 2. The number of halogens is 1. The van der Waals surface area contributed by atoms with E-state index in [1.165, 1.54) is 0 Å². The Morgan fingerprint density at radius 2 is 1.84 bits per heavy atom. The van der Waals surface area contributed by atoms with Crippen molar-refractivity contribution in [2.45, 2.75) is 19.4 Å². The molecule has 5 nitrogen and oxygen atoms in total. The van der Waals surface area contributed by atoms with Crippen LogP contribution < -0.4 is 16.8 Å². The van der Waals surface area contributed by atoms with Gasteiger partial charge < -0.3 is 16.8 Å². The van der Waals surface area contributed by atoms with E-state index in [0.717, 1.165) is 5.56 Å². The Kier molecular flexibility index (Phi) is 7.79. The lowest BCUT2D eigenvalue weighted by Gasteiger charge is -2.19. The van der Waals surface area contributed by atoms with Crippen LogP contribution in [0, 0.1) is 5.92 Å². The van der Waals surface area contributed by atoms with E-state index < -0.39 is 5.91 Å². The average Bonchev–Trinajstić information content (AvgIpc) is 2.37. The Hall–Kier alpha value is -1.59. The molecule has 1 aromatic carbocycles. The van der Waals surface area contributed by atoms with E-state index in [-0.39, 0.29) is 43.2 Å². The summed E-state index contributed by atoms with van der Waals surface area (Å²) in [6, 6.07) is 9.07. The molecule has 0 aliphatic heterocycles. The second-order valence-electron chi connectivity index (χ2n) is 4.23. The van der Waals surface area contributed by atoms with Crippen LogP contribution in [0.2, 0.25) is 0 Å². The van der Waals surface area contributed by atoms with Crippen LogP contribution in [0.4, 0.5) is 0 Å². The maximum absolute atomic E-state index is 11.8. The van der Waals surface area contributed by atoms with Gasteiger partial charge in [-0.05, 0) is 5.56 Å². The zero-order chi connectivity index (χ0) is 13.5. The molecule has 0 aromatic heterocycles. The van der Waals surface area contributed by atoms with Crippen molar-refractivity contribution in [3.8, 4) is 0 Å². The molecule has 2 atom stereocenters. The number of hydrogen-bond acceptors (Lipinski definition) is 3. The summed E-state index contributed by atoms with van der Waals surface area (Å²) in [6.07, 6.45) is 0.138. The summed E-state index contributed by atoms with van der Waals surface area (Å²) in [5, 5.41) is 2.64. The molecule has 0 bridgehead atoms. The lowest BCUT2D eigenvalue weighted by Crippen LogP contribution is -2.37. The van der Waals surface area contributed by atoms with Crippen LogP contribution in [0.3, 0.4) is 0 Å². The maximum Gasteiger partial charge on any atom is 0.224 e. The number of nitrogens with one attached hydrogen (secondary N) is 1. The Balaban J connectivity index is 0.00000324. The van der Waals surface area contributed by atoms with Gasteiger partial charge >= 0.3 is 0 Å². The van der Waals surface area contributed by atoms with E-state index in [2.05, 4.69) is 5.32 Å². The van der Waals surface area contributed by atoms with Crippen molar-refractivity contribution in [1.82, 2.24) is 5.32 Å². The third-order valence-electron chi connectivity index (χ3n) is 2.81. The normalized spacial score (nSPS) is 12.9. The zero-order valence-electron chi connectivity index (χ0n) is 10.8. The molecular weight excluding hydrogens is 266 g/mol. The number of primary amides is 1. The molecule has 6 heteroatoms. The molecule has 0 spiro atoms. The first-order valence-electron chi connectivity index (χ1n) is 5.89. The van der Waals surface area contributed by atoms with Crippen LogP contribution in [-0.2, 0) is 9.59 Å². The quantitative estimate of drug-likeness (QED) is 0.719. The highest BCUT2D eigenvalue weighted by molar-refractivity contribution is 5.85. The molecule has 106 valence electrons. The van der Waals surface area contributed by atoms with E-state index in [0.29, 0.717) is 0 Å². The van der Waals surface area contributed by atoms with Crippen LogP contribution >= 0.6 is 12.4 Å². The van der Waals surface area contributed by atoms with Gasteiger partial charge in [-0.1, -0.05) is 37.3 Å². The van der Waals surface area contributed by atoms with Gasteiger partial charge in [-0.2, -0.15) is 0 Å². The fraction of sp³-hybridized carbons (Fsp3) is 0.385. The summed E-state index contributed by atoms with van der Waals surface area (Å²) in [7, 11) is 0. The van der Waals surface area contributed by atoms with Crippen molar-refractivity contribution in [2.75, 3.05) is 6.54 Å². The van der Waals surface area contributed by atoms with Crippen LogP contribution in [0.25, 0.3) is 0 Å². The second-order valence-corrected chi connectivity index (χ2v) is 4.23. The minimum Gasteiger partial charge on any atom is -0.370 e. The standard InChI is InChI=1S/C13H19N3O2.ClH/c1-9(13(18)16-8-7-11(14)17)12(15)10-5-3-2-4-6-10;/h2-6,9,12H,7-8,15H2,1H3,(H2,14,17)(H,16,18);1H. The third kappa shape index (κ3) is 5.72. The number of rotatable bonds is 6. The number of hydrogen-bond donors (Lipinski definition) is 3. The largest absolute Gasteiger partial charge is 0.370 e. The monoisotopic (exact) mass is 285 g/mol. The van der Waals surface area contributed by atoms with E-state index in [4.69, 9.17) is 11.5 Å². The van der Waals surface area contributed by atoms with Crippen molar-refractivity contribution in [3.63, 3.8) is 0 Å². The van der Waals surface area contributed by atoms with Gasteiger partial charge in [-0.15, -0.1) is 12.4 Å². The highest BCUT2D eigenvalue weighted by Gasteiger charge is 2.21. The number of benzene rings is 1. The molecule has 0 aliphatic rings. The molecule has 0 aliphatic carbocycles. The van der Waals surface area contributed by atoms with Gasteiger partial charge in [0, 0.05) is 19.0 Å². The predicted molar refractivity (Wildman–Crippen MR) is 76.6 cm³/mol. The van der Waals surface area contributed by atoms with Gasteiger partial charge in [-0.3, -0.25) is 9.59 Å². The molecule has 0 radical (unpaired) electrons. The van der Waals surface area contributed by atoms with Crippen molar-refractivity contribution in [2.24, 2.45) is 17.4 Å². The van der Waals surface area contributed by atoms with Crippen LogP contribution in [0.5, 0.6) is 0 Å². The van der Waals surface area contributed by atoms with Gasteiger partial charge in [0.1, 0.15) is 0 Å². The lowest BCUT2D eigenvalue weighted by atomic mass is 9.95. The van der Waals surface area contributed by atoms with Crippen molar-refractivity contribution < 1.29 is 9.59 Å². The molecule has 0 saturated carbocycles. The molecule has 5 N–H and O–H groups in total. The number of amides is 2. The highest BCUT2D eigenvalue weighted by atomic mass is 35.5. The van der Waals surface area contributed by atoms with E-state index in [1.54, 1.807) is 6.92 Å². The summed E-state index contributed by atoms with van der Waals surface area (Å²) in [5.74, 6) is -0.969. The first-order valence-corrected chi connectivity index (χ1v) is 5.89. The van der Waals surface area contributed by atoms with Gasteiger partial charge in [0.25, 0.3) is 0 Å². The predicted octanol–water partition coefficient (Wildman–Crippen LogP) is 0.736. The van der Waals surface area contributed by atoms with E-state index in [1.807, 2.05) is 30.3 Å². The summed E-state index contributed by atoms with van der Waals surface area (Å²) in [6.45, 7) is 2.01. The van der Waals surface area contributed by atoms with E-state index >= 15 is 0 Å². The van der Waals surface area contributed by atoms with Crippen molar-refractivity contribution in [3.05, 3.63) is 35.9 Å². The van der Waals surface area contributed by atoms with Gasteiger partial charge in [0.2, 0.25) is 11.8 Å². The first-order chi connectivity index (χ1) is 8.52. The zero-order valence-corrected chi connectivity index (χ0v) is 11.7. The SMILES string of the molecule is CC(C(=O)NCCC(N)=O)C(N)c1ccccc1.Cl. The number of carbonyl (C=O) groups is 2. The average molecular weight is 286 g/mol. The Morgan fingerprint density at radius 1 is 1.26 bits per heavy atom. The Labute approximate surface area is 119 Å². The van der Waals surface area contributed by atoms with E-state index in [9.17, 15) is 9.59 Å². The van der Waals surface area contributed by atoms with Gasteiger partial charge in [0.05, 0.1) is 5.92 Å². The molecule has 2 unspecified atom stereocenters. The summed E-state index contributed by atoms with van der Waals surface area (Å²) < 4.78 is 0. The molecule has 0 saturated heterocycles. The van der Waals surface area contributed by atoms with Crippen LogP contribution in [0.15, 0.2) is 30.3 Å². The van der Waals surface area contributed by atoms with Gasteiger partial charge in [0.15, 0.2) is 0 Å². The lowest BCUT2D eigenvalue weighted by molar-refractivity contribution is -0.125. The molecule has 0 heterocycles. The fourth-order valence-electron chi connectivity index (χ4n) is 1.60. The molecule has 19 heavy (non-hydrogen) atoms. The second kappa shape index (κ2) is 8.50. The molecule has 0 fully saturated rings. The topological polar surface area (TPSA) is 98.2 Å². The molecule has 1 rings (SSSR count). The van der Waals surface area contributed by atoms with Crippen LogP contribution in [0.1, 0.15) is 24.9 Å². The Morgan fingerprint density at radius 3 is 2.37 bits per heavy atom. The van der Waals surface area contributed by atoms with Crippen molar-refractivity contribution >= 4 is 24.2 Å². The molecule has 1 aromatic rings. The van der Waals surface area contributed by atoms with Gasteiger partial charge in [-0.25, -0.2) is 0 Å². The highest BCUT2D eigenvalue weighted by Crippen LogP contribution is 2.18. The summed E-state index contributed by atoms with van der Waals surface area (Å²) in [5.41, 5.74) is 11.9. The third-order valence-corrected chi connectivity index (χ3v) is 2.81. The minimum absolute atomic E-state index is 0. The van der Waals surface area contributed by atoms with Crippen molar-refractivity contribution in [1.29, 1.82) is 0 Å². The summed E-state index contributed by atoms with van der Waals surface area (Å²) >= 11 is 0. The first kappa shape index (κ1) is 17.4. The van der Waals surface area contributed by atoms with Crippen LogP contribution in [-0.4, -0.2) is 18.4 Å². The molecular formula is C13H20ClN3O2. The Bertz CT molecular complexity index is 412. The molecule has 2 amide bonds. The summed E-state index contributed by atoms with van der Waals surface area (Å²) in [4.78, 5) is 22.3. The smallest absolute Gasteiger partial charge is 0.224 e. The fourth-order valence-corrected chi connectivity index (χ4v) is 1.60.